The topological polar surface area (TPSA) is 71.2 Å². The van der Waals surface area contributed by atoms with E-state index in [2.05, 4.69) is 19.7 Å². The van der Waals surface area contributed by atoms with E-state index < -0.39 is 5.97 Å². The SMILES string of the molecule is CCc1nnc(SCC(=O)O)n1CCN1CCCC1. The first-order valence-electron chi connectivity index (χ1n) is 6.69. The highest BCUT2D eigenvalue weighted by molar-refractivity contribution is 7.99. The largest absolute Gasteiger partial charge is 0.481 e. The number of rotatable bonds is 7. The minimum atomic E-state index is -0.822. The number of nitrogens with zero attached hydrogens (tertiary/aromatic N) is 4. The average molecular weight is 284 g/mol. The molecule has 1 saturated heterocycles. The van der Waals surface area contributed by atoms with Crippen LogP contribution in [0.2, 0.25) is 0 Å². The van der Waals surface area contributed by atoms with Crippen LogP contribution in [0.25, 0.3) is 0 Å². The summed E-state index contributed by atoms with van der Waals surface area (Å²) in [5, 5.41) is 17.7. The van der Waals surface area contributed by atoms with Gasteiger partial charge < -0.3 is 14.6 Å². The van der Waals surface area contributed by atoms with Crippen molar-refractivity contribution in [2.45, 2.75) is 37.9 Å². The summed E-state index contributed by atoms with van der Waals surface area (Å²) in [5.41, 5.74) is 0. The van der Waals surface area contributed by atoms with E-state index >= 15 is 0 Å². The lowest BCUT2D eigenvalue weighted by Gasteiger charge is -2.16. The van der Waals surface area contributed by atoms with Crippen LogP contribution in [0.3, 0.4) is 0 Å². The molecule has 2 heterocycles. The van der Waals surface area contributed by atoms with E-state index in [4.69, 9.17) is 5.11 Å². The van der Waals surface area contributed by atoms with Crippen molar-refractivity contribution in [3.05, 3.63) is 5.82 Å². The van der Waals surface area contributed by atoms with Gasteiger partial charge in [-0.1, -0.05) is 18.7 Å². The Bertz CT molecular complexity index is 429. The number of aromatic nitrogens is 3. The van der Waals surface area contributed by atoms with Gasteiger partial charge in [0, 0.05) is 19.5 Å². The number of carboxylic acid groups (broad SMARTS) is 1. The Labute approximate surface area is 117 Å². The molecule has 0 bridgehead atoms. The lowest BCUT2D eigenvalue weighted by Crippen LogP contribution is -2.25. The molecule has 0 aliphatic carbocycles. The quantitative estimate of drug-likeness (QED) is 0.756. The summed E-state index contributed by atoms with van der Waals surface area (Å²) in [5.74, 6) is 0.148. The van der Waals surface area contributed by atoms with E-state index in [0.717, 1.165) is 30.5 Å². The standard InChI is InChI=1S/C12H20N4O2S/c1-2-10-13-14-12(19-9-11(17)18)16(10)8-7-15-5-3-4-6-15/h2-9H2,1H3,(H,17,18). The van der Waals surface area contributed by atoms with Crippen molar-refractivity contribution in [2.24, 2.45) is 0 Å². The number of carbonyl (C=O) groups is 1. The van der Waals surface area contributed by atoms with Crippen molar-refractivity contribution in [3.8, 4) is 0 Å². The minimum Gasteiger partial charge on any atom is -0.481 e. The maximum absolute atomic E-state index is 10.6. The average Bonchev–Trinajstić information content (AvgIpc) is 3.02. The molecule has 19 heavy (non-hydrogen) atoms. The van der Waals surface area contributed by atoms with Crippen LogP contribution in [0, 0.1) is 0 Å². The van der Waals surface area contributed by atoms with Crippen LogP contribution in [0.4, 0.5) is 0 Å². The molecule has 6 nitrogen and oxygen atoms in total. The molecule has 1 aliphatic heterocycles. The molecule has 1 aromatic rings. The molecule has 1 fully saturated rings. The first-order valence-corrected chi connectivity index (χ1v) is 7.68. The molecule has 1 N–H and O–H groups in total. The van der Waals surface area contributed by atoms with Gasteiger partial charge in [-0.2, -0.15) is 0 Å². The van der Waals surface area contributed by atoms with E-state index in [-0.39, 0.29) is 5.75 Å². The molecule has 106 valence electrons. The highest BCUT2D eigenvalue weighted by atomic mass is 32.2. The van der Waals surface area contributed by atoms with Gasteiger partial charge >= 0.3 is 5.97 Å². The maximum Gasteiger partial charge on any atom is 0.313 e. The van der Waals surface area contributed by atoms with E-state index in [1.807, 2.05) is 6.92 Å². The molecular weight excluding hydrogens is 264 g/mol. The number of thioether (sulfide) groups is 1. The third-order valence-electron chi connectivity index (χ3n) is 3.27. The molecule has 0 radical (unpaired) electrons. The van der Waals surface area contributed by atoms with Gasteiger partial charge in [-0.3, -0.25) is 4.79 Å². The molecular formula is C12H20N4O2S. The van der Waals surface area contributed by atoms with Crippen molar-refractivity contribution in [1.29, 1.82) is 0 Å². The second-order valence-electron chi connectivity index (χ2n) is 4.64. The van der Waals surface area contributed by atoms with Gasteiger partial charge in [-0.05, 0) is 25.9 Å². The summed E-state index contributed by atoms with van der Waals surface area (Å²) in [4.78, 5) is 13.1. The molecule has 0 saturated carbocycles. The van der Waals surface area contributed by atoms with Gasteiger partial charge in [0.25, 0.3) is 0 Å². The van der Waals surface area contributed by atoms with Crippen LogP contribution < -0.4 is 0 Å². The molecule has 2 rings (SSSR count). The predicted octanol–water partition coefficient (Wildman–Crippen LogP) is 1.11. The van der Waals surface area contributed by atoms with Crippen LogP contribution in [-0.4, -0.2) is 56.1 Å². The van der Waals surface area contributed by atoms with Gasteiger partial charge in [-0.25, -0.2) is 0 Å². The molecule has 0 atom stereocenters. The van der Waals surface area contributed by atoms with Crippen molar-refractivity contribution in [1.82, 2.24) is 19.7 Å². The fraction of sp³-hybridized carbons (Fsp3) is 0.750. The van der Waals surface area contributed by atoms with Crippen LogP contribution in [-0.2, 0) is 17.8 Å². The Balaban J connectivity index is 1.98. The highest BCUT2D eigenvalue weighted by Crippen LogP contribution is 2.18. The molecule has 1 aliphatic rings. The molecule has 0 amide bonds. The first kappa shape index (κ1) is 14.3. The highest BCUT2D eigenvalue weighted by Gasteiger charge is 2.15. The van der Waals surface area contributed by atoms with Crippen molar-refractivity contribution in [2.75, 3.05) is 25.4 Å². The summed E-state index contributed by atoms with van der Waals surface area (Å²) in [6.45, 7) is 6.22. The number of aryl methyl sites for hydroxylation is 1. The monoisotopic (exact) mass is 284 g/mol. The Morgan fingerprint density at radius 2 is 2.05 bits per heavy atom. The maximum atomic E-state index is 10.6. The first-order chi connectivity index (χ1) is 9.20. The predicted molar refractivity (Wildman–Crippen MR) is 73.4 cm³/mol. The second-order valence-corrected chi connectivity index (χ2v) is 5.58. The number of hydrogen-bond acceptors (Lipinski definition) is 5. The Hall–Kier alpha value is -1.08. The number of aliphatic carboxylic acids is 1. The Morgan fingerprint density at radius 1 is 1.32 bits per heavy atom. The molecule has 0 unspecified atom stereocenters. The molecule has 1 aromatic heterocycles. The number of carboxylic acids is 1. The number of likely N-dealkylation sites (tertiary alicyclic amines) is 1. The fourth-order valence-electron chi connectivity index (χ4n) is 2.29. The second kappa shape index (κ2) is 6.91. The number of hydrogen-bond donors (Lipinski definition) is 1. The van der Waals surface area contributed by atoms with Gasteiger partial charge in [0.15, 0.2) is 5.16 Å². The van der Waals surface area contributed by atoms with Crippen LogP contribution in [0.15, 0.2) is 5.16 Å². The van der Waals surface area contributed by atoms with Crippen LogP contribution in [0.1, 0.15) is 25.6 Å². The van der Waals surface area contributed by atoms with E-state index in [9.17, 15) is 4.79 Å². The zero-order valence-electron chi connectivity index (χ0n) is 11.2. The van der Waals surface area contributed by atoms with Gasteiger partial charge in [0.05, 0.1) is 5.75 Å². The normalized spacial score (nSPS) is 16.1. The molecule has 7 heteroatoms. The van der Waals surface area contributed by atoms with Crippen LogP contribution >= 0.6 is 11.8 Å². The third-order valence-corrected chi connectivity index (χ3v) is 4.22. The van der Waals surface area contributed by atoms with Crippen LogP contribution in [0.5, 0.6) is 0 Å². The summed E-state index contributed by atoms with van der Waals surface area (Å²) >= 11 is 1.25. The van der Waals surface area contributed by atoms with Gasteiger partial charge in [0.1, 0.15) is 5.82 Å². The van der Waals surface area contributed by atoms with Crippen molar-refractivity contribution >= 4 is 17.7 Å². The van der Waals surface area contributed by atoms with E-state index in [0.29, 0.717) is 0 Å². The Kier molecular flexibility index (Phi) is 5.21. The summed E-state index contributed by atoms with van der Waals surface area (Å²) < 4.78 is 2.06. The summed E-state index contributed by atoms with van der Waals surface area (Å²) in [6, 6.07) is 0. The zero-order valence-corrected chi connectivity index (χ0v) is 12.0. The molecule has 0 spiro atoms. The lowest BCUT2D eigenvalue weighted by molar-refractivity contribution is -0.133. The zero-order chi connectivity index (χ0) is 13.7. The van der Waals surface area contributed by atoms with Gasteiger partial charge in [-0.15, -0.1) is 10.2 Å². The molecule has 0 aromatic carbocycles. The smallest absolute Gasteiger partial charge is 0.313 e. The minimum absolute atomic E-state index is 0.0333. The summed E-state index contributed by atoms with van der Waals surface area (Å²) in [6.07, 6.45) is 3.38. The van der Waals surface area contributed by atoms with E-state index in [1.165, 1.54) is 37.7 Å². The fourth-order valence-corrected chi connectivity index (χ4v) is 2.99. The third kappa shape index (κ3) is 3.94. The van der Waals surface area contributed by atoms with Crippen molar-refractivity contribution < 1.29 is 9.90 Å². The Morgan fingerprint density at radius 3 is 2.68 bits per heavy atom. The lowest BCUT2D eigenvalue weighted by atomic mass is 10.4. The summed E-state index contributed by atoms with van der Waals surface area (Å²) in [7, 11) is 0. The van der Waals surface area contributed by atoms with E-state index in [1.54, 1.807) is 0 Å². The van der Waals surface area contributed by atoms with Crippen molar-refractivity contribution in [3.63, 3.8) is 0 Å². The van der Waals surface area contributed by atoms with Gasteiger partial charge in [0.2, 0.25) is 0 Å².